The first-order valence-electron chi connectivity index (χ1n) is 7.49. The molecule has 0 aromatic heterocycles. The van der Waals surface area contributed by atoms with E-state index in [1.54, 1.807) is 0 Å². The van der Waals surface area contributed by atoms with Gasteiger partial charge < -0.3 is 4.74 Å². The summed E-state index contributed by atoms with van der Waals surface area (Å²) >= 11 is 0. The summed E-state index contributed by atoms with van der Waals surface area (Å²) < 4.78 is 5.63. The van der Waals surface area contributed by atoms with Crippen LogP contribution in [0.1, 0.15) is 67.7 Å². The monoisotopic (exact) mass is 267 g/mol. The fraction of sp³-hybridized carbons (Fsp3) is 0.938. The van der Waals surface area contributed by atoms with Crippen molar-refractivity contribution in [2.24, 2.45) is 11.3 Å². The number of nitrogens with zero attached hydrogens (tertiary/aromatic N) is 1. The van der Waals surface area contributed by atoms with E-state index in [2.05, 4.69) is 27.7 Å². The summed E-state index contributed by atoms with van der Waals surface area (Å²) in [6, 6.07) is 0.261. The van der Waals surface area contributed by atoms with Gasteiger partial charge in [-0.15, -0.1) is 0 Å². The van der Waals surface area contributed by atoms with Gasteiger partial charge in [0.2, 0.25) is 0 Å². The van der Waals surface area contributed by atoms with E-state index in [1.807, 2.05) is 25.7 Å². The molecule has 2 fully saturated rings. The molecule has 2 bridgehead atoms. The fourth-order valence-corrected chi connectivity index (χ4v) is 4.60. The summed E-state index contributed by atoms with van der Waals surface area (Å²) in [6.45, 7) is 14.9. The molecule has 1 heterocycles. The standard InChI is InChI=1S/C16H29NO2/c1-11-8-15(6)10-16(7,9-11)17(12(15)2)13(18)19-14(3,4)5/h11-12H,8-10H2,1-7H3. The highest BCUT2D eigenvalue weighted by Gasteiger charge is 2.59. The maximum absolute atomic E-state index is 12.6. The van der Waals surface area contributed by atoms with Gasteiger partial charge in [-0.25, -0.2) is 4.79 Å². The lowest BCUT2D eigenvalue weighted by atomic mass is 9.66. The largest absolute Gasteiger partial charge is 0.444 e. The second-order valence-corrected chi connectivity index (χ2v) is 8.37. The zero-order valence-corrected chi connectivity index (χ0v) is 13.5. The van der Waals surface area contributed by atoms with Gasteiger partial charge >= 0.3 is 6.09 Å². The number of rotatable bonds is 0. The van der Waals surface area contributed by atoms with Gasteiger partial charge in [0.05, 0.1) is 0 Å². The van der Waals surface area contributed by atoms with Crippen LogP contribution in [-0.4, -0.2) is 28.2 Å². The second-order valence-electron chi connectivity index (χ2n) is 8.37. The molecule has 0 N–H and O–H groups in total. The van der Waals surface area contributed by atoms with Gasteiger partial charge in [-0.05, 0) is 65.2 Å². The number of hydrogen-bond donors (Lipinski definition) is 0. The van der Waals surface area contributed by atoms with Crippen LogP contribution < -0.4 is 0 Å². The van der Waals surface area contributed by atoms with Crippen molar-refractivity contribution >= 4 is 6.09 Å². The van der Waals surface area contributed by atoms with Crippen LogP contribution in [-0.2, 0) is 4.74 Å². The van der Waals surface area contributed by atoms with Crippen LogP contribution in [0.2, 0.25) is 0 Å². The Kier molecular flexibility index (Phi) is 3.19. The third kappa shape index (κ3) is 2.48. The van der Waals surface area contributed by atoms with Crippen LogP contribution in [0.3, 0.4) is 0 Å². The van der Waals surface area contributed by atoms with Crippen molar-refractivity contribution in [3.05, 3.63) is 0 Å². The topological polar surface area (TPSA) is 29.5 Å². The van der Waals surface area contributed by atoms with E-state index in [4.69, 9.17) is 4.74 Å². The zero-order valence-electron chi connectivity index (χ0n) is 13.5. The van der Waals surface area contributed by atoms with Crippen LogP contribution in [0, 0.1) is 11.3 Å². The third-order valence-electron chi connectivity index (χ3n) is 4.96. The Morgan fingerprint density at radius 3 is 2.32 bits per heavy atom. The Balaban J connectivity index is 2.28. The summed E-state index contributed by atoms with van der Waals surface area (Å²) in [5.41, 5.74) is -0.214. The van der Waals surface area contributed by atoms with Gasteiger partial charge in [0.1, 0.15) is 5.60 Å². The Morgan fingerprint density at radius 1 is 1.21 bits per heavy atom. The van der Waals surface area contributed by atoms with E-state index in [0.29, 0.717) is 5.92 Å². The first kappa shape index (κ1) is 14.7. The van der Waals surface area contributed by atoms with Crippen LogP contribution in [0.4, 0.5) is 4.79 Å². The van der Waals surface area contributed by atoms with E-state index in [9.17, 15) is 4.79 Å². The molecular formula is C16H29NO2. The Bertz CT molecular complexity index is 387. The SMILES string of the molecule is CC1CC2(C)CC(C)(C1)N(C(=O)OC(C)(C)C)C2C. The lowest BCUT2D eigenvalue weighted by Crippen LogP contribution is -2.50. The van der Waals surface area contributed by atoms with Crippen molar-refractivity contribution in [1.82, 2.24) is 4.90 Å². The molecule has 0 aromatic carbocycles. The van der Waals surface area contributed by atoms with Crippen molar-refractivity contribution in [3.8, 4) is 0 Å². The average Bonchev–Trinajstić information content (AvgIpc) is 2.24. The quantitative estimate of drug-likeness (QED) is 0.658. The molecule has 4 unspecified atom stereocenters. The molecule has 1 aliphatic carbocycles. The van der Waals surface area contributed by atoms with Gasteiger partial charge in [-0.2, -0.15) is 0 Å². The van der Waals surface area contributed by atoms with Crippen molar-refractivity contribution in [3.63, 3.8) is 0 Å². The van der Waals surface area contributed by atoms with E-state index in [1.165, 1.54) is 6.42 Å². The van der Waals surface area contributed by atoms with Gasteiger partial charge in [0, 0.05) is 11.6 Å². The van der Waals surface area contributed by atoms with Crippen molar-refractivity contribution in [1.29, 1.82) is 0 Å². The summed E-state index contributed by atoms with van der Waals surface area (Å²) in [4.78, 5) is 14.6. The first-order chi connectivity index (χ1) is 8.47. The maximum Gasteiger partial charge on any atom is 0.411 e. The average molecular weight is 267 g/mol. The lowest BCUT2D eigenvalue weighted by Gasteiger charge is -2.40. The van der Waals surface area contributed by atoms with Crippen molar-refractivity contribution in [2.45, 2.75) is 84.9 Å². The minimum Gasteiger partial charge on any atom is -0.444 e. The van der Waals surface area contributed by atoms with Crippen LogP contribution in [0.5, 0.6) is 0 Å². The minimum atomic E-state index is -0.420. The molecule has 2 rings (SSSR count). The summed E-state index contributed by atoms with van der Waals surface area (Å²) in [7, 11) is 0. The van der Waals surface area contributed by atoms with Crippen molar-refractivity contribution < 1.29 is 9.53 Å². The normalized spacial score (nSPS) is 42.4. The van der Waals surface area contributed by atoms with Crippen molar-refractivity contribution in [2.75, 3.05) is 0 Å². The lowest BCUT2D eigenvalue weighted by molar-refractivity contribution is -0.0000383. The summed E-state index contributed by atoms with van der Waals surface area (Å²) in [5, 5.41) is 0. The first-order valence-corrected chi connectivity index (χ1v) is 7.49. The Hall–Kier alpha value is -0.730. The molecule has 1 saturated heterocycles. The van der Waals surface area contributed by atoms with Crippen LogP contribution >= 0.6 is 0 Å². The van der Waals surface area contributed by atoms with E-state index in [-0.39, 0.29) is 23.1 Å². The number of likely N-dealkylation sites (tertiary alicyclic amines) is 1. The van der Waals surface area contributed by atoms with Crippen LogP contribution in [0.25, 0.3) is 0 Å². The van der Waals surface area contributed by atoms with E-state index < -0.39 is 5.60 Å². The molecule has 4 atom stereocenters. The molecule has 0 radical (unpaired) electrons. The Morgan fingerprint density at radius 2 is 1.79 bits per heavy atom. The van der Waals surface area contributed by atoms with E-state index >= 15 is 0 Å². The van der Waals surface area contributed by atoms with Gasteiger partial charge in [0.15, 0.2) is 0 Å². The maximum atomic E-state index is 12.6. The highest BCUT2D eigenvalue weighted by atomic mass is 16.6. The number of carbonyl (C=O) groups excluding carboxylic acids is 1. The van der Waals surface area contributed by atoms with Crippen LogP contribution in [0.15, 0.2) is 0 Å². The molecule has 1 saturated carbocycles. The molecule has 1 amide bonds. The summed E-state index contributed by atoms with van der Waals surface area (Å²) in [6.07, 6.45) is 3.26. The number of hydrogen-bond acceptors (Lipinski definition) is 2. The third-order valence-corrected chi connectivity index (χ3v) is 4.96. The molecule has 2 aliphatic rings. The second kappa shape index (κ2) is 4.13. The smallest absolute Gasteiger partial charge is 0.411 e. The molecule has 0 spiro atoms. The fourth-order valence-electron chi connectivity index (χ4n) is 4.60. The molecule has 19 heavy (non-hydrogen) atoms. The predicted octanol–water partition coefficient (Wildman–Crippen LogP) is 4.21. The van der Waals surface area contributed by atoms with Gasteiger partial charge in [-0.1, -0.05) is 13.8 Å². The molecule has 0 aromatic rings. The highest BCUT2D eigenvalue weighted by molar-refractivity contribution is 5.70. The number of ether oxygens (including phenoxy) is 1. The number of amides is 1. The molecule has 110 valence electrons. The summed E-state index contributed by atoms with van der Waals surface area (Å²) in [5.74, 6) is 0.679. The molecular weight excluding hydrogens is 238 g/mol. The molecule has 1 aliphatic heterocycles. The Labute approximate surface area is 117 Å². The number of fused-ring (bicyclic) bond motifs is 2. The van der Waals surface area contributed by atoms with E-state index in [0.717, 1.165) is 12.8 Å². The molecule has 3 heteroatoms. The van der Waals surface area contributed by atoms with Gasteiger partial charge in [-0.3, -0.25) is 4.90 Å². The predicted molar refractivity (Wildman–Crippen MR) is 77.1 cm³/mol. The zero-order chi connectivity index (χ0) is 14.6. The highest BCUT2D eigenvalue weighted by Crippen LogP contribution is 2.56. The molecule has 3 nitrogen and oxygen atoms in total. The minimum absolute atomic E-state index is 0.0336. The van der Waals surface area contributed by atoms with Gasteiger partial charge in [0.25, 0.3) is 0 Å². The number of carbonyl (C=O) groups is 1.